The summed E-state index contributed by atoms with van der Waals surface area (Å²) in [5.74, 6) is -0.448. The van der Waals surface area contributed by atoms with Crippen LogP contribution < -0.4 is 0 Å². The Kier molecular flexibility index (Phi) is 3.50. The average Bonchev–Trinajstić information content (AvgIpc) is 2.22. The van der Waals surface area contributed by atoms with E-state index in [4.69, 9.17) is 4.74 Å². The van der Waals surface area contributed by atoms with E-state index in [-0.39, 0.29) is 18.7 Å². The van der Waals surface area contributed by atoms with Gasteiger partial charge in [0, 0.05) is 5.56 Å². The van der Waals surface area contributed by atoms with Crippen molar-refractivity contribution in [2.24, 2.45) is 0 Å². The van der Waals surface area contributed by atoms with E-state index >= 15 is 0 Å². The second-order valence-electron chi connectivity index (χ2n) is 6.35. The first-order valence-corrected chi connectivity index (χ1v) is 6.58. The summed E-state index contributed by atoms with van der Waals surface area (Å²) < 4.78 is 19.1. The Morgan fingerprint density at radius 1 is 1.40 bits per heavy atom. The summed E-state index contributed by atoms with van der Waals surface area (Å²) >= 11 is 0. The first-order valence-electron chi connectivity index (χ1n) is 6.58. The molecule has 0 aromatic heterocycles. The van der Waals surface area contributed by atoms with E-state index in [2.05, 4.69) is 0 Å². The van der Waals surface area contributed by atoms with Crippen molar-refractivity contribution >= 4 is 6.09 Å². The van der Waals surface area contributed by atoms with Gasteiger partial charge in [-0.1, -0.05) is 12.1 Å². The Bertz CT molecular complexity index is 530. The molecule has 4 nitrogen and oxygen atoms in total. The molecule has 5 heteroatoms. The number of aryl methyl sites for hydroxylation is 1. The Hall–Kier alpha value is -1.62. The van der Waals surface area contributed by atoms with Gasteiger partial charge >= 0.3 is 6.09 Å². The fourth-order valence-corrected chi connectivity index (χ4v) is 2.21. The summed E-state index contributed by atoms with van der Waals surface area (Å²) in [7, 11) is 0. The molecule has 110 valence electrons. The lowest BCUT2D eigenvalue weighted by Gasteiger charge is -2.46. The summed E-state index contributed by atoms with van der Waals surface area (Å²) in [6, 6.07) is 4.69. The van der Waals surface area contributed by atoms with Crippen LogP contribution in [0.4, 0.5) is 9.18 Å². The third kappa shape index (κ3) is 2.93. The van der Waals surface area contributed by atoms with Crippen LogP contribution in [0.3, 0.4) is 0 Å². The molecule has 1 heterocycles. The molecule has 0 spiro atoms. The topological polar surface area (TPSA) is 49.8 Å². The summed E-state index contributed by atoms with van der Waals surface area (Å²) in [6.45, 7) is 7.19. The molecule has 0 bridgehead atoms. The summed E-state index contributed by atoms with van der Waals surface area (Å²) in [4.78, 5) is 13.2. The number of halogens is 1. The number of nitrogens with zero attached hydrogens (tertiary/aromatic N) is 1. The molecule has 2 rings (SSSR count). The minimum absolute atomic E-state index is 0.0435. The molecule has 1 aromatic carbocycles. The lowest BCUT2D eigenvalue weighted by atomic mass is 9.85. The van der Waals surface area contributed by atoms with Gasteiger partial charge in [0.05, 0.1) is 13.1 Å². The fourth-order valence-electron chi connectivity index (χ4n) is 2.21. The number of rotatable bonds is 1. The highest BCUT2D eigenvalue weighted by Gasteiger charge is 2.47. The molecular weight excluding hydrogens is 261 g/mol. The smallest absolute Gasteiger partial charge is 0.410 e. The molecule has 1 aliphatic rings. The van der Waals surface area contributed by atoms with Crippen LogP contribution in [-0.4, -0.2) is 34.8 Å². The molecule has 0 unspecified atom stereocenters. The van der Waals surface area contributed by atoms with Gasteiger partial charge in [0.25, 0.3) is 0 Å². The van der Waals surface area contributed by atoms with Gasteiger partial charge in [-0.15, -0.1) is 0 Å². The summed E-state index contributed by atoms with van der Waals surface area (Å²) in [6.07, 6.45) is -0.491. The number of likely N-dealkylation sites (tertiary alicyclic amines) is 1. The molecule has 20 heavy (non-hydrogen) atoms. The van der Waals surface area contributed by atoms with Crippen LogP contribution in [0, 0.1) is 12.7 Å². The van der Waals surface area contributed by atoms with Crippen LogP contribution in [0.1, 0.15) is 31.9 Å². The van der Waals surface area contributed by atoms with E-state index in [1.807, 2.05) is 0 Å². The predicted molar refractivity (Wildman–Crippen MR) is 72.8 cm³/mol. The average molecular weight is 281 g/mol. The molecule has 1 saturated heterocycles. The van der Waals surface area contributed by atoms with Crippen LogP contribution in [-0.2, 0) is 10.3 Å². The standard InChI is InChI=1S/C15H20FNO3/c1-10-5-6-11(12(16)7-10)15(19)8-17(9-15)13(18)20-14(2,3)4/h5-7,19H,8-9H2,1-4H3. The van der Waals surface area contributed by atoms with E-state index in [0.717, 1.165) is 5.56 Å². The van der Waals surface area contributed by atoms with Crippen LogP contribution >= 0.6 is 0 Å². The first-order chi connectivity index (χ1) is 9.11. The Morgan fingerprint density at radius 2 is 2.00 bits per heavy atom. The molecule has 0 atom stereocenters. The molecule has 0 aliphatic carbocycles. The van der Waals surface area contributed by atoms with E-state index in [1.54, 1.807) is 39.8 Å². The minimum Gasteiger partial charge on any atom is -0.444 e. The fraction of sp³-hybridized carbons (Fsp3) is 0.533. The van der Waals surface area contributed by atoms with Crippen molar-refractivity contribution in [3.8, 4) is 0 Å². The molecule has 1 amide bonds. The Balaban J connectivity index is 2.05. The number of benzene rings is 1. The highest BCUT2D eigenvalue weighted by molar-refractivity contribution is 5.70. The van der Waals surface area contributed by atoms with Crippen molar-refractivity contribution in [3.05, 3.63) is 35.1 Å². The zero-order valence-corrected chi connectivity index (χ0v) is 12.2. The van der Waals surface area contributed by atoms with Gasteiger partial charge in [-0.2, -0.15) is 0 Å². The summed E-state index contributed by atoms with van der Waals surface area (Å²) in [5, 5.41) is 10.4. The van der Waals surface area contributed by atoms with Crippen LogP contribution in [0.2, 0.25) is 0 Å². The third-order valence-electron chi connectivity index (χ3n) is 3.18. The second kappa shape index (κ2) is 4.74. The Labute approximate surface area is 118 Å². The van der Waals surface area contributed by atoms with Gasteiger partial charge in [0.15, 0.2) is 0 Å². The molecule has 1 aromatic rings. The van der Waals surface area contributed by atoms with E-state index < -0.39 is 23.1 Å². The Morgan fingerprint density at radius 3 is 2.50 bits per heavy atom. The normalized spacial score (nSPS) is 17.6. The lowest BCUT2D eigenvalue weighted by Crippen LogP contribution is -2.62. The molecule has 1 aliphatic heterocycles. The maximum absolute atomic E-state index is 13.9. The molecule has 0 saturated carbocycles. The minimum atomic E-state index is -1.32. The van der Waals surface area contributed by atoms with Gasteiger partial charge in [-0.25, -0.2) is 9.18 Å². The monoisotopic (exact) mass is 281 g/mol. The van der Waals surface area contributed by atoms with Gasteiger partial charge in [0.1, 0.15) is 17.0 Å². The molecule has 1 fully saturated rings. The van der Waals surface area contributed by atoms with Crippen LogP contribution in [0.5, 0.6) is 0 Å². The van der Waals surface area contributed by atoms with Crippen molar-refractivity contribution < 1.29 is 19.0 Å². The van der Waals surface area contributed by atoms with Gasteiger partial charge in [-0.05, 0) is 39.3 Å². The van der Waals surface area contributed by atoms with E-state index in [0.29, 0.717) is 0 Å². The van der Waals surface area contributed by atoms with Crippen LogP contribution in [0.25, 0.3) is 0 Å². The number of amides is 1. The highest BCUT2D eigenvalue weighted by atomic mass is 19.1. The van der Waals surface area contributed by atoms with E-state index in [1.165, 1.54) is 11.0 Å². The second-order valence-corrected chi connectivity index (χ2v) is 6.35. The predicted octanol–water partition coefficient (Wildman–Crippen LogP) is 2.57. The van der Waals surface area contributed by atoms with Crippen molar-refractivity contribution in [3.63, 3.8) is 0 Å². The maximum atomic E-state index is 13.9. The van der Waals surface area contributed by atoms with Gasteiger partial charge < -0.3 is 14.7 Å². The summed E-state index contributed by atoms with van der Waals surface area (Å²) in [5.41, 5.74) is -0.893. The number of carbonyl (C=O) groups excluding carboxylic acids is 1. The largest absolute Gasteiger partial charge is 0.444 e. The van der Waals surface area contributed by atoms with Gasteiger partial charge in [-0.3, -0.25) is 0 Å². The van der Waals surface area contributed by atoms with Crippen molar-refractivity contribution in [1.82, 2.24) is 4.90 Å². The van der Waals surface area contributed by atoms with Crippen LogP contribution in [0.15, 0.2) is 18.2 Å². The SMILES string of the molecule is Cc1ccc(C2(O)CN(C(=O)OC(C)(C)C)C2)c(F)c1. The number of β-amino-alcohol motifs (C(OH)–C–C–N with tert-alkyl or cyclic N) is 1. The first kappa shape index (κ1) is 14.8. The highest BCUT2D eigenvalue weighted by Crippen LogP contribution is 2.34. The van der Waals surface area contributed by atoms with Crippen molar-refractivity contribution in [2.75, 3.05) is 13.1 Å². The molecule has 1 N–H and O–H groups in total. The maximum Gasteiger partial charge on any atom is 0.410 e. The van der Waals surface area contributed by atoms with Crippen molar-refractivity contribution in [2.45, 2.75) is 38.9 Å². The molecular formula is C15H20FNO3. The van der Waals surface area contributed by atoms with E-state index in [9.17, 15) is 14.3 Å². The zero-order chi connectivity index (χ0) is 15.1. The number of hydrogen-bond acceptors (Lipinski definition) is 3. The quantitative estimate of drug-likeness (QED) is 0.860. The molecule has 0 radical (unpaired) electrons. The number of aliphatic hydroxyl groups is 1. The number of hydrogen-bond donors (Lipinski definition) is 1. The zero-order valence-electron chi connectivity index (χ0n) is 12.2. The third-order valence-corrected chi connectivity index (χ3v) is 3.18. The van der Waals surface area contributed by atoms with Gasteiger partial charge in [0.2, 0.25) is 0 Å². The lowest BCUT2D eigenvalue weighted by molar-refractivity contribution is -0.105. The van der Waals surface area contributed by atoms with Crippen molar-refractivity contribution in [1.29, 1.82) is 0 Å². The number of carbonyl (C=O) groups is 1. The number of ether oxygens (including phenoxy) is 1.